The molecule has 0 aliphatic heterocycles. The minimum absolute atomic E-state index is 0.114. The molecular formula is C25H14ClF4N3O2. The van der Waals surface area contributed by atoms with Crippen LogP contribution in [0.4, 0.5) is 17.6 Å². The van der Waals surface area contributed by atoms with Crippen LogP contribution in [0.3, 0.4) is 0 Å². The van der Waals surface area contributed by atoms with Gasteiger partial charge in [-0.25, -0.2) is 17.6 Å². The maximum Gasteiger partial charge on any atom is 0.256 e. The van der Waals surface area contributed by atoms with Gasteiger partial charge in [0.05, 0.1) is 39.4 Å². The van der Waals surface area contributed by atoms with Crippen LogP contribution >= 0.6 is 11.6 Å². The summed E-state index contributed by atoms with van der Waals surface area (Å²) in [6, 6.07) is 9.48. The number of carbonyl (C=O) groups excluding carboxylic acids is 1. The van der Waals surface area contributed by atoms with Gasteiger partial charge in [0.15, 0.2) is 17.1 Å². The number of nitrogens with one attached hydrogen (secondary N) is 1. The van der Waals surface area contributed by atoms with Crippen LogP contribution in [-0.4, -0.2) is 29.9 Å². The van der Waals surface area contributed by atoms with Crippen LogP contribution < -0.4 is 5.43 Å². The van der Waals surface area contributed by atoms with Crippen molar-refractivity contribution in [3.8, 4) is 28.5 Å². The van der Waals surface area contributed by atoms with E-state index in [-0.39, 0.29) is 27.4 Å². The summed E-state index contributed by atoms with van der Waals surface area (Å²) in [6.45, 7) is 0. The van der Waals surface area contributed by atoms with E-state index >= 15 is 8.78 Å². The number of aromatic amines is 1. The van der Waals surface area contributed by atoms with Crippen molar-refractivity contribution in [1.29, 1.82) is 5.26 Å². The number of aromatic nitrogens is 1. The minimum Gasteiger partial charge on any atom is -0.354 e. The van der Waals surface area contributed by atoms with Crippen LogP contribution in [-0.2, 0) is 0 Å². The smallest absolute Gasteiger partial charge is 0.256 e. The molecule has 0 radical (unpaired) electrons. The summed E-state index contributed by atoms with van der Waals surface area (Å²) < 4.78 is 59.1. The van der Waals surface area contributed by atoms with E-state index in [0.717, 1.165) is 23.1 Å². The Bertz CT molecular complexity index is 1640. The Morgan fingerprint density at radius 2 is 1.71 bits per heavy atom. The third-order valence-corrected chi connectivity index (χ3v) is 5.68. The highest BCUT2D eigenvalue weighted by molar-refractivity contribution is 6.33. The van der Waals surface area contributed by atoms with Crippen LogP contribution in [0.15, 0.2) is 47.3 Å². The zero-order valence-corrected chi connectivity index (χ0v) is 18.9. The Kier molecular flexibility index (Phi) is 6.09. The van der Waals surface area contributed by atoms with Crippen LogP contribution in [0.25, 0.3) is 33.3 Å². The van der Waals surface area contributed by atoms with Gasteiger partial charge in [-0.15, -0.1) is 0 Å². The van der Waals surface area contributed by atoms with Crippen LogP contribution in [0.2, 0.25) is 5.02 Å². The molecule has 10 heteroatoms. The summed E-state index contributed by atoms with van der Waals surface area (Å²) >= 11 is 6.17. The van der Waals surface area contributed by atoms with Gasteiger partial charge in [0, 0.05) is 30.7 Å². The largest absolute Gasteiger partial charge is 0.354 e. The normalized spacial score (nSPS) is 10.9. The van der Waals surface area contributed by atoms with E-state index in [4.69, 9.17) is 16.9 Å². The average Bonchev–Trinajstić information content (AvgIpc) is 2.80. The second-order valence-corrected chi connectivity index (χ2v) is 8.25. The number of amides is 1. The molecule has 1 N–H and O–H groups in total. The molecule has 176 valence electrons. The number of benzene rings is 3. The minimum atomic E-state index is -1.48. The van der Waals surface area contributed by atoms with Gasteiger partial charge < -0.3 is 9.88 Å². The van der Waals surface area contributed by atoms with Crippen molar-refractivity contribution < 1.29 is 22.4 Å². The van der Waals surface area contributed by atoms with E-state index in [2.05, 4.69) is 4.98 Å². The van der Waals surface area contributed by atoms with Gasteiger partial charge in [-0.05, 0) is 42.0 Å². The fourth-order valence-corrected chi connectivity index (χ4v) is 3.90. The van der Waals surface area contributed by atoms with Gasteiger partial charge in [-0.2, -0.15) is 5.26 Å². The van der Waals surface area contributed by atoms with Gasteiger partial charge >= 0.3 is 0 Å². The lowest BCUT2D eigenvalue weighted by Crippen LogP contribution is -2.23. The number of hydrogen-bond acceptors (Lipinski definition) is 3. The number of nitriles is 1. The molecule has 4 aromatic rings. The molecule has 35 heavy (non-hydrogen) atoms. The molecular weight excluding hydrogens is 486 g/mol. The highest BCUT2D eigenvalue weighted by Gasteiger charge is 2.24. The summed E-state index contributed by atoms with van der Waals surface area (Å²) in [5.74, 6) is -6.37. The molecule has 0 atom stereocenters. The quantitative estimate of drug-likeness (QED) is 0.370. The number of pyridine rings is 1. The van der Waals surface area contributed by atoms with Crippen molar-refractivity contribution in [1.82, 2.24) is 9.88 Å². The van der Waals surface area contributed by atoms with E-state index in [1.165, 1.54) is 32.3 Å². The van der Waals surface area contributed by atoms with Gasteiger partial charge in [-0.1, -0.05) is 11.6 Å². The first-order chi connectivity index (χ1) is 16.5. The number of hydrogen-bond donors (Lipinski definition) is 1. The SMILES string of the molecule is CN(C)C(=O)c1cc(-c2c(F)cc3[nH]c(-c4cc(C#N)ccc4Cl)cc(=O)c3c2F)cc(F)c1F. The molecule has 3 aromatic carbocycles. The molecule has 1 heterocycles. The van der Waals surface area contributed by atoms with Gasteiger partial charge in [0.25, 0.3) is 5.91 Å². The lowest BCUT2D eigenvalue weighted by Gasteiger charge is -2.14. The maximum atomic E-state index is 15.5. The molecule has 5 nitrogen and oxygen atoms in total. The van der Waals surface area contributed by atoms with Crippen molar-refractivity contribution in [2.75, 3.05) is 14.1 Å². The van der Waals surface area contributed by atoms with Crippen molar-refractivity contribution >= 4 is 28.4 Å². The molecule has 0 saturated carbocycles. The summed E-state index contributed by atoms with van der Waals surface area (Å²) in [6.07, 6.45) is 0. The molecule has 4 rings (SSSR count). The zero-order valence-electron chi connectivity index (χ0n) is 18.1. The maximum absolute atomic E-state index is 15.5. The number of nitrogens with zero attached hydrogens (tertiary/aromatic N) is 2. The number of carbonyl (C=O) groups is 1. The molecule has 0 fully saturated rings. The Morgan fingerprint density at radius 1 is 1.00 bits per heavy atom. The van der Waals surface area contributed by atoms with Crippen LogP contribution in [0.5, 0.6) is 0 Å². The first-order valence-corrected chi connectivity index (χ1v) is 10.4. The third-order valence-electron chi connectivity index (χ3n) is 5.35. The summed E-state index contributed by atoms with van der Waals surface area (Å²) in [4.78, 5) is 28.8. The van der Waals surface area contributed by atoms with Crippen molar-refractivity contribution in [2.45, 2.75) is 0 Å². The molecule has 0 unspecified atom stereocenters. The molecule has 0 spiro atoms. The summed E-state index contributed by atoms with van der Waals surface area (Å²) in [5.41, 5.74) is -2.43. The highest BCUT2D eigenvalue weighted by atomic mass is 35.5. The second kappa shape index (κ2) is 8.89. The Morgan fingerprint density at radius 3 is 2.37 bits per heavy atom. The Hall–Kier alpha value is -4.16. The average molecular weight is 500 g/mol. The molecule has 1 amide bonds. The molecule has 1 aromatic heterocycles. The number of H-pyrrole nitrogens is 1. The second-order valence-electron chi connectivity index (χ2n) is 7.84. The first kappa shape index (κ1) is 24.0. The van der Waals surface area contributed by atoms with Crippen LogP contribution in [0, 0.1) is 34.6 Å². The fourth-order valence-electron chi connectivity index (χ4n) is 3.68. The predicted octanol–water partition coefficient (Wildman–Crippen LogP) is 5.65. The van der Waals surface area contributed by atoms with E-state index in [1.54, 1.807) is 0 Å². The standard InChI is InChI=1S/C25H14ClF4N3O2/c1-33(2)25(35)14-6-12(7-17(28)23(14)29)21-16(27)8-19-22(24(21)30)20(34)9-18(32-19)13-5-11(10-31)3-4-15(13)26/h3-9H,1-2H3,(H,32,34). The number of halogens is 5. The van der Waals surface area contributed by atoms with E-state index in [0.29, 0.717) is 6.07 Å². The van der Waals surface area contributed by atoms with Gasteiger partial charge in [0.2, 0.25) is 0 Å². The fraction of sp³-hybridized carbons (Fsp3) is 0.0800. The van der Waals surface area contributed by atoms with E-state index in [1.807, 2.05) is 6.07 Å². The summed E-state index contributed by atoms with van der Waals surface area (Å²) in [5, 5.41) is 8.77. The predicted molar refractivity (Wildman–Crippen MR) is 123 cm³/mol. The van der Waals surface area contributed by atoms with Crippen LogP contribution in [0.1, 0.15) is 15.9 Å². The van der Waals surface area contributed by atoms with Crippen molar-refractivity contribution in [2.24, 2.45) is 0 Å². The van der Waals surface area contributed by atoms with Crippen molar-refractivity contribution in [3.05, 3.63) is 92.1 Å². The van der Waals surface area contributed by atoms with Crippen molar-refractivity contribution in [3.63, 3.8) is 0 Å². The Balaban J connectivity index is 1.97. The first-order valence-electron chi connectivity index (χ1n) is 9.99. The molecule has 0 bridgehead atoms. The topological polar surface area (TPSA) is 77.0 Å². The lowest BCUT2D eigenvalue weighted by molar-refractivity contribution is 0.0822. The molecule has 0 aliphatic rings. The third kappa shape index (κ3) is 4.13. The van der Waals surface area contributed by atoms with E-state index in [9.17, 15) is 18.4 Å². The monoisotopic (exact) mass is 499 g/mol. The van der Waals surface area contributed by atoms with E-state index < -0.39 is 56.7 Å². The van der Waals surface area contributed by atoms with Gasteiger partial charge in [-0.3, -0.25) is 9.59 Å². The number of rotatable bonds is 3. The zero-order chi connectivity index (χ0) is 25.6. The molecule has 0 saturated heterocycles. The lowest BCUT2D eigenvalue weighted by atomic mass is 9.98. The Labute approximate surface area is 200 Å². The highest BCUT2D eigenvalue weighted by Crippen LogP contribution is 2.34. The summed E-state index contributed by atoms with van der Waals surface area (Å²) in [7, 11) is 2.61. The van der Waals surface area contributed by atoms with Gasteiger partial charge in [0.1, 0.15) is 11.6 Å². The number of fused-ring (bicyclic) bond motifs is 1. The molecule has 0 aliphatic carbocycles.